The van der Waals surface area contributed by atoms with Gasteiger partial charge in [-0.05, 0) is 37.1 Å². The summed E-state index contributed by atoms with van der Waals surface area (Å²) in [6.45, 7) is 3.80. The molecule has 0 aliphatic rings. The first-order valence-electron chi connectivity index (χ1n) is 6.94. The third-order valence-corrected chi connectivity index (χ3v) is 3.41. The second-order valence-corrected chi connectivity index (χ2v) is 5.13. The van der Waals surface area contributed by atoms with E-state index in [0.29, 0.717) is 5.69 Å². The molecule has 1 aromatic carbocycles. The van der Waals surface area contributed by atoms with E-state index in [1.807, 2.05) is 26.0 Å². The van der Waals surface area contributed by atoms with Crippen LogP contribution in [0, 0.1) is 13.8 Å². The Morgan fingerprint density at radius 1 is 1.30 bits per heavy atom. The SMILES string of the molecule is COCc1c(C(=O)O)nnn1CC(=O)Nc1ccc(C)c(C)c1. The fraction of sp³-hybridized carbons (Fsp3) is 0.333. The summed E-state index contributed by atoms with van der Waals surface area (Å²) < 4.78 is 6.18. The molecule has 0 saturated carbocycles. The van der Waals surface area contributed by atoms with Gasteiger partial charge < -0.3 is 15.2 Å². The van der Waals surface area contributed by atoms with Crippen molar-refractivity contribution in [3.05, 3.63) is 40.7 Å². The molecule has 0 atom stereocenters. The smallest absolute Gasteiger partial charge is 0.358 e. The molecule has 2 N–H and O–H groups in total. The number of aryl methyl sites for hydroxylation is 2. The molecule has 23 heavy (non-hydrogen) atoms. The number of carbonyl (C=O) groups is 2. The van der Waals surface area contributed by atoms with Crippen molar-refractivity contribution < 1.29 is 19.4 Å². The number of aromatic nitrogens is 3. The number of amides is 1. The minimum absolute atomic E-state index is 0.00551. The maximum absolute atomic E-state index is 12.1. The summed E-state index contributed by atoms with van der Waals surface area (Å²) in [4.78, 5) is 23.2. The standard InChI is InChI=1S/C15H18N4O4/c1-9-4-5-11(6-10(9)2)16-13(20)7-19-12(8-23-3)14(15(21)22)17-18-19/h4-6H,7-8H2,1-3H3,(H,16,20)(H,21,22). The van der Waals surface area contributed by atoms with Gasteiger partial charge in [0.15, 0.2) is 5.69 Å². The number of aromatic carboxylic acids is 1. The Morgan fingerprint density at radius 3 is 2.65 bits per heavy atom. The quantitative estimate of drug-likeness (QED) is 0.833. The fourth-order valence-electron chi connectivity index (χ4n) is 2.06. The number of nitrogens with one attached hydrogen (secondary N) is 1. The predicted octanol–water partition coefficient (Wildman–Crippen LogP) is 1.38. The van der Waals surface area contributed by atoms with E-state index < -0.39 is 5.97 Å². The highest BCUT2D eigenvalue weighted by Crippen LogP contribution is 2.14. The van der Waals surface area contributed by atoms with Gasteiger partial charge in [0.25, 0.3) is 0 Å². The molecule has 0 aliphatic heterocycles. The highest BCUT2D eigenvalue weighted by atomic mass is 16.5. The van der Waals surface area contributed by atoms with Crippen LogP contribution in [0.1, 0.15) is 27.3 Å². The summed E-state index contributed by atoms with van der Waals surface area (Å²) in [6, 6.07) is 5.59. The Labute approximate surface area is 133 Å². The molecule has 2 aromatic rings. The van der Waals surface area contributed by atoms with E-state index in [0.717, 1.165) is 11.1 Å². The van der Waals surface area contributed by atoms with Gasteiger partial charge in [-0.2, -0.15) is 0 Å². The molecule has 0 spiro atoms. The monoisotopic (exact) mass is 318 g/mol. The van der Waals surface area contributed by atoms with Gasteiger partial charge in [0.1, 0.15) is 6.54 Å². The third-order valence-electron chi connectivity index (χ3n) is 3.41. The second-order valence-electron chi connectivity index (χ2n) is 5.13. The minimum Gasteiger partial charge on any atom is -0.476 e. The Bertz CT molecular complexity index is 739. The number of hydrogen-bond donors (Lipinski definition) is 2. The van der Waals surface area contributed by atoms with Crippen molar-refractivity contribution in [3.63, 3.8) is 0 Å². The number of ether oxygens (including phenoxy) is 1. The van der Waals surface area contributed by atoms with Gasteiger partial charge >= 0.3 is 5.97 Å². The highest BCUT2D eigenvalue weighted by Gasteiger charge is 2.20. The van der Waals surface area contributed by atoms with Crippen LogP contribution in [0.4, 0.5) is 5.69 Å². The molecule has 0 radical (unpaired) electrons. The van der Waals surface area contributed by atoms with Crippen molar-refractivity contribution >= 4 is 17.6 Å². The van der Waals surface area contributed by atoms with Crippen LogP contribution in [0.2, 0.25) is 0 Å². The number of carbonyl (C=O) groups excluding carboxylic acids is 1. The van der Waals surface area contributed by atoms with Crippen LogP contribution in [0.25, 0.3) is 0 Å². The van der Waals surface area contributed by atoms with Gasteiger partial charge in [0, 0.05) is 12.8 Å². The van der Waals surface area contributed by atoms with Crippen LogP contribution < -0.4 is 5.32 Å². The lowest BCUT2D eigenvalue weighted by molar-refractivity contribution is -0.117. The lowest BCUT2D eigenvalue weighted by atomic mass is 10.1. The molecule has 0 fully saturated rings. The summed E-state index contributed by atoms with van der Waals surface area (Å²) in [6.07, 6.45) is 0. The molecule has 1 aromatic heterocycles. The number of nitrogens with zero attached hydrogens (tertiary/aromatic N) is 3. The highest BCUT2D eigenvalue weighted by molar-refractivity contribution is 5.91. The van der Waals surface area contributed by atoms with Crippen molar-refractivity contribution in [1.82, 2.24) is 15.0 Å². The van der Waals surface area contributed by atoms with Crippen LogP contribution in [-0.2, 0) is 22.7 Å². The van der Waals surface area contributed by atoms with Gasteiger partial charge in [-0.25, -0.2) is 9.48 Å². The molecule has 0 saturated heterocycles. The number of carboxylic acids is 1. The first kappa shape index (κ1) is 16.6. The van der Waals surface area contributed by atoms with Gasteiger partial charge in [-0.1, -0.05) is 11.3 Å². The Balaban J connectivity index is 2.13. The van der Waals surface area contributed by atoms with E-state index >= 15 is 0 Å². The molecule has 2 rings (SSSR count). The molecule has 0 bridgehead atoms. The number of rotatable bonds is 6. The number of benzene rings is 1. The van der Waals surface area contributed by atoms with E-state index in [-0.39, 0.29) is 30.4 Å². The van der Waals surface area contributed by atoms with Crippen molar-refractivity contribution in [3.8, 4) is 0 Å². The van der Waals surface area contributed by atoms with Crippen molar-refractivity contribution in [2.24, 2.45) is 0 Å². The minimum atomic E-state index is -1.21. The fourth-order valence-corrected chi connectivity index (χ4v) is 2.06. The Morgan fingerprint density at radius 2 is 2.04 bits per heavy atom. The zero-order chi connectivity index (χ0) is 17.0. The maximum atomic E-state index is 12.1. The topological polar surface area (TPSA) is 106 Å². The first-order valence-corrected chi connectivity index (χ1v) is 6.94. The Kier molecular flexibility index (Phi) is 5.07. The first-order chi connectivity index (χ1) is 10.9. The average molecular weight is 318 g/mol. The molecular weight excluding hydrogens is 300 g/mol. The summed E-state index contributed by atoms with van der Waals surface area (Å²) in [5.41, 5.74) is 2.90. The van der Waals surface area contributed by atoms with E-state index in [4.69, 9.17) is 9.84 Å². The molecule has 8 heteroatoms. The van der Waals surface area contributed by atoms with Crippen LogP contribution in [0.5, 0.6) is 0 Å². The summed E-state index contributed by atoms with van der Waals surface area (Å²) >= 11 is 0. The predicted molar refractivity (Wildman–Crippen MR) is 82.2 cm³/mol. The normalized spacial score (nSPS) is 10.6. The van der Waals surface area contributed by atoms with Crippen molar-refractivity contribution in [2.45, 2.75) is 27.0 Å². The second kappa shape index (κ2) is 7.01. The molecule has 0 aliphatic carbocycles. The van der Waals surface area contributed by atoms with Crippen molar-refractivity contribution in [1.29, 1.82) is 0 Å². The van der Waals surface area contributed by atoms with Crippen LogP contribution in [-0.4, -0.2) is 39.1 Å². The maximum Gasteiger partial charge on any atom is 0.358 e. The van der Waals surface area contributed by atoms with Crippen molar-refractivity contribution in [2.75, 3.05) is 12.4 Å². The lowest BCUT2D eigenvalue weighted by Gasteiger charge is -2.09. The molecular formula is C15H18N4O4. The molecule has 122 valence electrons. The summed E-state index contributed by atoms with van der Waals surface area (Å²) in [7, 11) is 1.43. The molecule has 1 amide bonds. The number of methoxy groups -OCH3 is 1. The van der Waals surface area contributed by atoms with Gasteiger partial charge in [0.05, 0.1) is 12.3 Å². The summed E-state index contributed by atoms with van der Waals surface area (Å²) in [5, 5.41) is 19.1. The Hall–Kier alpha value is -2.74. The van der Waals surface area contributed by atoms with E-state index in [2.05, 4.69) is 15.6 Å². The third kappa shape index (κ3) is 3.92. The molecule has 0 unspecified atom stereocenters. The summed E-state index contributed by atoms with van der Waals surface area (Å²) in [5.74, 6) is -1.54. The van der Waals surface area contributed by atoms with Gasteiger partial charge in [-0.15, -0.1) is 5.10 Å². The number of hydrogen-bond acceptors (Lipinski definition) is 5. The molecule has 1 heterocycles. The van der Waals surface area contributed by atoms with E-state index in [1.54, 1.807) is 6.07 Å². The van der Waals surface area contributed by atoms with Gasteiger partial charge in [0.2, 0.25) is 5.91 Å². The lowest BCUT2D eigenvalue weighted by Crippen LogP contribution is -2.21. The zero-order valence-electron chi connectivity index (χ0n) is 13.2. The average Bonchev–Trinajstić information content (AvgIpc) is 2.86. The van der Waals surface area contributed by atoms with E-state index in [9.17, 15) is 9.59 Å². The van der Waals surface area contributed by atoms with Crippen LogP contribution >= 0.6 is 0 Å². The van der Waals surface area contributed by atoms with Crippen LogP contribution in [0.3, 0.4) is 0 Å². The largest absolute Gasteiger partial charge is 0.476 e. The zero-order valence-corrected chi connectivity index (χ0v) is 13.2. The number of carboxylic acid groups (broad SMARTS) is 1. The van der Waals surface area contributed by atoms with E-state index in [1.165, 1.54) is 11.8 Å². The van der Waals surface area contributed by atoms with Crippen LogP contribution in [0.15, 0.2) is 18.2 Å². The molecule has 8 nitrogen and oxygen atoms in total. The number of anilines is 1. The van der Waals surface area contributed by atoms with Gasteiger partial charge in [-0.3, -0.25) is 4.79 Å².